The minimum absolute atomic E-state index is 0.0369. The molecule has 0 bridgehead atoms. The number of phosphoric acid groups is 1. The monoisotopic (exact) mass is 908 g/mol. The van der Waals surface area contributed by atoms with Crippen molar-refractivity contribution >= 4 is 19.7 Å². The van der Waals surface area contributed by atoms with Crippen molar-refractivity contribution in [2.45, 2.75) is 238 Å². The lowest BCUT2D eigenvalue weighted by atomic mass is 10.0. The first kappa shape index (κ1) is 61.0. The highest BCUT2D eigenvalue weighted by atomic mass is 31.2. The van der Waals surface area contributed by atoms with Crippen molar-refractivity contribution < 1.29 is 37.3 Å². The van der Waals surface area contributed by atoms with E-state index in [2.05, 4.69) is 62.5 Å². The summed E-state index contributed by atoms with van der Waals surface area (Å²) in [6, 6.07) is -0.852. The van der Waals surface area contributed by atoms with Crippen LogP contribution in [0.2, 0.25) is 0 Å². The molecule has 2 N–H and O–H groups in total. The number of quaternary nitrogens is 1. The minimum Gasteiger partial charge on any atom is -0.456 e. The Morgan fingerprint density at radius 2 is 1.03 bits per heavy atom. The Morgan fingerprint density at radius 1 is 0.571 bits per heavy atom. The molecule has 0 spiro atoms. The van der Waals surface area contributed by atoms with Crippen molar-refractivity contribution in [3.8, 4) is 0 Å². The van der Waals surface area contributed by atoms with Crippen LogP contribution in [0.4, 0.5) is 0 Å². The first-order valence-electron chi connectivity index (χ1n) is 26.0. The first-order chi connectivity index (χ1) is 30.4. The van der Waals surface area contributed by atoms with Crippen LogP contribution in [0, 0.1) is 0 Å². The Balaban J connectivity index is 5.45. The van der Waals surface area contributed by atoms with E-state index in [1.165, 1.54) is 83.5 Å². The SMILES string of the molecule is CC/C=C/C/C=C/CCCCCCCCCC(=O)OC(/C=C/CCCCCCCCCCCC)C(COP(=O)(O)OCC[N+](C)(C)C)NC(=O)CCCCCCC/C=C\CCCC. The molecule has 0 rings (SSSR count). The number of phosphoric ester groups is 1. The lowest BCUT2D eigenvalue weighted by Gasteiger charge is -2.27. The van der Waals surface area contributed by atoms with Gasteiger partial charge in [0.15, 0.2) is 0 Å². The smallest absolute Gasteiger partial charge is 0.456 e. The van der Waals surface area contributed by atoms with Gasteiger partial charge in [-0.05, 0) is 76.7 Å². The fourth-order valence-corrected chi connectivity index (χ4v) is 7.93. The molecule has 0 aliphatic carbocycles. The average Bonchev–Trinajstić information content (AvgIpc) is 3.23. The standard InChI is InChI=1S/C53H99N2O7P/c1-7-10-13-16-19-22-25-27-28-31-34-37-40-43-46-53(57)62-51(44-41-38-35-32-30-26-23-20-17-14-11-8-2)50(49-61-63(58,59)60-48-47-55(4,5)6)54-52(56)45-42-39-36-33-29-24-21-18-15-12-9-3/h10,13,18-19,21-22,41,44,50-51H,7-9,11-12,14-17,20,23-40,42-43,45-49H2,1-6H3,(H-,54,56,58,59)/p+1/b13-10+,21-18-,22-19+,44-41+. The van der Waals surface area contributed by atoms with E-state index in [9.17, 15) is 19.0 Å². The highest BCUT2D eigenvalue weighted by Crippen LogP contribution is 2.43. The minimum atomic E-state index is -4.44. The van der Waals surface area contributed by atoms with Crippen LogP contribution < -0.4 is 5.32 Å². The molecule has 9 nitrogen and oxygen atoms in total. The molecule has 63 heavy (non-hydrogen) atoms. The zero-order valence-electron chi connectivity index (χ0n) is 41.8. The van der Waals surface area contributed by atoms with Crippen LogP contribution in [0.5, 0.6) is 0 Å². The molecular weight excluding hydrogens is 808 g/mol. The molecule has 0 aromatic rings. The average molecular weight is 908 g/mol. The summed E-state index contributed by atoms with van der Waals surface area (Å²) in [6.45, 7) is 6.84. The number of carbonyl (C=O) groups is 2. The molecule has 3 unspecified atom stereocenters. The van der Waals surface area contributed by atoms with Crippen LogP contribution >= 0.6 is 7.82 Å². The van der Waals surface area contributed by atoms with E-state index >= 15 is 0 Å². The van der Waals surface area contributed by atoms with Crippen LogP contribution in [-0.4, -0.2) is 74.3 Å². The van der Waals surface area contributed by atoms with Gasteiger partial charge in [-0.2, -0.15) is 0 Å². The molecule has 0 radical (unpaired) electrons. The fraction of sp³-hybridized carbons (Fsp3) is 0.811. The van der Waals surface area contributed by atoms with Gasteiger partial charge in [-0.25, -0.2) is 4.57 Å². The summed E-state index contributed by atoms with van der Waals surface area (Å²) in [5, 5.41) is 3.02. The van der Waals surface area contributed by atoms with Crippen molar-refractivity contribution in [3.63, 3.8) is 0 Å². The molecule has 0 aliphatic heterocycles. The van der Waals surface area contributed by atoms with Gasteiger partial charge < -0.3 is 19.4 Å². The third-order valence-electron chi connectivity index (χ3n) is 11.3. The van der Waals surface area contributed by atoms with Gasteiger partial charge in [0.2, 0.25) is 5.91 Å². The van der Waals surface area contributed by atoms with Crippen molar-refractivity contribution in [2.75, 3.05) is 40.9 Å². The number of rotatable bonds is 46. The number of likely N-dealkylation sites (N-methyl/N-ethyl adjacent to an activating group) is 1. The lowest BCUT2D eigenvalue weighted by Crippen LogP contribution is -2.47. The van der Waals surface area contributed by atoms with Crippen LogP contribution in [0.25, 0.3) is 0 Å². The Morgan fingerprint density at radius 3 is 1.57 bits per heavy atom. The van der Waals surface area contributed by atoms with Crippen LogP contribution in [0.3, 0.4) is 0 Å². The molecular formula is C53H100N2O7P+. The summed E-state index contributed by atoms with van der Waals surface area (Å²) in [4.78, 5) is 37.4. The second kappa shape index (κ2) is 43.8. The fourth-order valence-electron chi connectivity index (χ4n) is 7.19. The van der Waals surface area contributed by atoms with Crippen molar-refractivity contribution in [2.24, 2.45) is 0 Å². The maximum atomic E-state index is 13.4. The summed E-state index contributed by atoms with van der Waals surface area (Å²) in [5.41, 5.74) is 0. The van der Waals surface area contributed by atoms with E-state index in [0.717, 1.165) is 109 Å². The molecule has 0 aliphatic rings. The molecule has 0 aromatic carbocycles. The third kappa shape index (κ3) is 44.9. The van der Waals surface area contributed by atoms with Gasteiger partial charge in [0.25, 0.3) is 0 Å². The summed E-state index contributed by atoms with van der Waals surface area (Å²) in [7, 11) is 1.48. The second-order valence-corrected chi connectivity index (χ2v) is 20.1. The highest BCUT2D eigenvalue weighted by Gasteiger charge is 2.30. The number of allylic oxidation sites excluding steroid dienone is 7. The second-order valence-electron chi connectivity index (χ2n) is 18.7. The molecule has 368 valence electrons. The quantitative estimate of drug-likeness (QED) is 0.0206. The van der Waals surface area contributed by atoms with Gasteiger partial charge in [0, 0.05) is 12.8 Å². The van der Waals surface area contributed by atoms with Crippen LogP contribution in [0.1, 0.15) is 226 Å². The van der Waals surface area contributed by atoms with Gasteiger partial charge in [-0.3, -0.25) is 18.6 Å². The van der Waals surface area contributed by atoms with E-state index in [1.54, 1.807) is 0 Å². The van der Waals surface area contributed by atoms with Gasteiger partial charge in [-0.15, -0.1) is 0 Å². The Kier molecular flexibility index (Phi) is 42.4. The molecule has 1 amide bonds. The number of amides is 1. The summed E-state index contributed by atoms with van der Waals surface area (Å²) < 4.78 is 30.5. The number of hydrogen-bond acceptors (Lipinski definition) is 6. The zero-order valence-corrected chi connectivity index (χ0v) is 42.7. The van der Waals surface area contributed by atoms with Crippen LogP contribution in [-0.2, 0) is 27.9 Å². The number of carbonyl (C=O) groups excluding carboxylic acids is 2. The number of nitrogens with one attached hydrogen (secondary N) is 1. The zero-order chi connectivity index (χ0) is 46.5. The summed E-state index contributed by atoms with van der Waals surface area (Å²) in [6.07, 6.45) is 51.0. The number of nitrogens with zero attached hydrogens (tertiary/aromatic N) is 1. The Bertz CT molecular complexity index is 1230. The summed E-state index contributed by atoms with van der Waals surface area (Å²) in [5.74, 6) is -0.527. The molecule has 3 atom stereocenters. The van der Waals surface area contributed by atoms with E-state index in [1.807, 2.05) is 33.3 Å². The summed E-state index contributed by atoms with van der Waals surface area (Å²) >= 11 is 0. The Labute approximate surface area is 388 Å². The third-order valence-corrected chi connectivity index (χ3v) is 12.2. The molecule has 0 saturated heterocycles. The molecule has 0 fully saturated rings. The van der Waals surface area contributed by atoms with E-state index in [4.69, 9.17) is 13.8 Å². The highest BCUT2D eigenvalue weighted by molar-refractivity contribution is 7.47. The largest absolute Gasteiger partial charge is 0.472 e. The first-order valence-corrected chi connectivity index (χ1v) is 27.5. The van der Waals surface area contributed by atoms with Gasteiger partial charge in [-0.1, -0.05) is 185 Å². The number of hydrogen-bond donors (Lipinski definition) is 2. The molecule has 10 heteroatoms. The van der Waals surface area contributed by atoms with Crippen molar-refractivity contribution in [3.05, 3.63) is 48.6 Å². The predicted molar refractivity (Wildman–Crippen MR) is 268 cm³/mol. The maximum Gasteiger partial charge on any atom is 0.472 e. The molecule has 0 heterocycles. The van der Waals surface area contributed by atoms with E-state index in [-0.39, 0.29) is 31.5 Å². The van der Waals surface area contributed by atoms with Gasteiger partial charge in [0.1, 0.15) is 19.3 Å². The van der Waals surface area contributed by atoms with Gasteiger partial charge in [0.05, 0.1) is 33.8 Å². The van der Waals surface area contributed by atoms with Crippen molar-refractivity contribution in [1.82, 2.24) is 5.32 Å². The van der Waals surface area contributed by atoms with Crippen LogP contribution in [0.15, 0.2) is 48.6 Å². The molecule has 0 aromatic heterocycles. The van der Waals surface area contributed by atoms with E-state index < -0.39 is 20.0 Å². The number of ether oxygens (including phenoxy) is 1. The lowest BCUT2D eigenvalue weighted by molar-refractivity contribution is -0.870. The maximum absolute atomic E-state index is 13.4. The number of unbranched alkanes of at least 4 members (excludes halogenated alkanes) is 24. The van der Waals surface area contributed by atoms with Crippen molar-refractivity contribution in [1.29, 1.82) is 0 Å². The van der Waals surface area contributed by atoms with Gasteiger partial charge >= 0.3 is 13.8 Å². The topological polar surface area (TPSA) is 111 Å². The van der Waals surface area contributed by atoms with E-state index in [0.29, 0.717) is 17.4 Å². The Hall–Kier alpha value is -2.03. The normalized spacial score (nSPS) is 14.3. The number of esters is 1. The molecule has 0 saturated carbocycles. The predicted octanol–water partition coefficient (Wildman–Crippen LogP) is 15.0.